The molecule has 118 valence electrons. The van der Waals surface area contributed by atoms with E-state index in [0.717, 1.165) is 25.7 Å². The largest absolute Gasteiger partial charge is 0.460 e. The molecule has 0 saturated heterocycles. The highest BCUT2D eigenvalue weighted by Crippen LogP contribution is 2.48. The van der Waals surface area contributed by atoms with Crippen LogP contribution in [0.25, 0.3) is 0 Å². The van der Waals surface area contributed by atoms with Gasteiger partial charge in [-0.05, 0) is 57.6 Å². The summed E-state index contributed by atoms with van der Waals surface area (Å²) >= 11 is 0. The molecule has 3 rings (SSSR count). The maximum Gasteiger partial charge on any atom is 0.309 e. The molecule has 22 heavy (non-hydrogen) atoms. The van der Waals surface area contributed by atoms with Crippen LogP contribution in [0.15, 0.2) is 24.3 Å². The zero-order valence-corrected chi connectivity index (χ0v) is 13.6. The standard InChI is InChI=1S/C19H24O3/c1-18(2,3)22-17(21)13-8-10-19(11-9-13)15-7-5-4-6-14(15)12-16(19)20/h4-7,13H,8-12H2,1-3H3. The van der Waals surface area contributed by atoms with Gasteiger partial charge in [0, 0.05) is 6.42 Å². The third-order valence-corrected chi connectivity index (χ3v) is 5.00. The lowest BCUT2D eigenvalue weighted by molar-refractivity contribution is -0.162. The van der Waals surface area contributed by atoms with Crippen LogP contribution >= 0.6 is 0 Å². The van der Waals surface area contributed by atoms with Crippen molar-refractivity contribution in [1.82, 2.24) is 0 Å². The molecule has 0 aliphatic heterocycles. The number of Topliss-reactive ketones (excluding diaryl/α,β-unsaturated/α-hetero) is 1. The molecule has 0 radical (unpaired) electrons. The van der Waals surface area contributed by atoms with Crippen molar-refractivity contribution in [3.8, 4) is 0 Å². The van der Waals surface area contributed by atoms with Crippen LogP contribution < -0.4 is 0 Å². The lowest BCUT2D eigenvalue weighted by atomic mass is 9.67. The maximum absolute atomic E-state index is 12.6. The van der Waals surface area contributed by atoms with Crippen molar-refractivity contribution in [2.75, 3.05) is 0 Å². The van der Waals surface area contributed by atoms with Gasteiger partial charge in [0.15, 0.2) is 0 Å². The van der Waals surface area contributed by atoms with E-state index in [1.807, 2.05) is 32.9 Å². The highest BCUT2D eigenvalue weighted by atomic mass is 16.6. The van der Waals surface area contributed by atoms with E-state index in [1.165, 1.54) is 11.1 Å². The van der Waals surface area contributed by atoms with E-state index in [0.29, 0.717) is 12.2 Å². The molecule has 3 nitrogen and oxygen atoms in total. The Morgan fingerprint density at radius 2 is 1.82 bits per heavy atom. The summed E-state index contributed by atoms with van der Waals surface area (Å²) in [6, 6.07) is 8.16. The minimum Gasteiger partial charge on any atom is -0.460 e. The quantitative estimate of drug-likeness (QED) is 0.745. The molecule has 1 fully saturated rings. The molecular weight excluding hydrogens is 276 g/mol. The molecular formula is C19H24O3. The average Bonchev–Trinajstić information content (AvgIpc) is 2.71. The number of hydrogen-bond acceptors (Lipinski definition) is 3. The number of hydrogen-bond donors (Lipinski definition) is 0. The molecule has 0 N–H and O–H groups in total. The van der Waals surface area contributed by atoms with Crippen LogP contribution in [0, 0.1) is 5.92 Å². The molecule has 1 spiro atoms. The molecule has 3 heteroatoms. The van der Waals surface area contributed by atoms with Crippen molar-refractivity contribution in [3.63, 3.8) is 0 Å². The SMILES string of the molecule is CC(C)(C)OC(=O)C1CCC2(CC1)C(=O)Cc1ccccc12. The summed E-state index contributed by atoms with van der Waals surface area (Å²) < 4.78 is 5.50. The Bertz CT molecular complexity index is 601. The zero-order chi connectivity index (χ0) is 16.0. The highest BCUT2D eigenvalue weighted by molar-refractivity contribution is 5.96. The van der Waals surface area contributed by atoms with Gasteiger partial charge in [-0.15, -0.1) is 0 Å². The van der Waals surface area contributed by atoms with Crippen molar-refractivity contribution < 1.29 is 14.3 Å². The topological polar surface area (TPSA) is 43.4 Å². The first-order valence-electron chi connectivity index (χ1n) is 8.16. The Balaban J connectivity index is 1.74. The Kier molecular flexibility index (Phi) is 3.62. The fraction of sp³-hybridized carbons (Fsp3) is 0.579. The zero-order valence-electron chi connectivity index (χ0n) is 13.6. The molecule has 0 aromatic heterocycles. The molecule has 1 aromatic carbocycles. The first kappa shape index (κ1) is 15.3. The molecule has 0 unspecified atom stereocenters. The summed E-state index contributed by atoms with van der Waals surface area (Å²) in [6.07, 6.45) is 3.58. The molecule has 1 saturated carbocycles. The van der Waals surface area contributed by atoms with Crippen molar-refractivity contribution in [2.24, 2.45) is 5.92 Å². The number of fused-ring (bicyclic) bond motifs is 2. The van der Waals surface area contributed by atoms with E-state index in [9.17, 15) is 9.59 Å². The lowest BCUT2D eigenvalue weighted by Gasteiger charge is -2.36. The predicted octanol–water partition coefficient (Wildman–Crippen LogP) is 3.58. The molecule has 0 atom stereocenters. The Morgan fingerprint density at radius 1 is 1.18 bits per heavy atom. The first-order valence-corrected chi connectivity index (χ1v) is 8.16. The number of carbonyl (C=O) groups excluding carboxylic acids is 2. The van der Waals surface area contributed by atoms with Crippen LogP contribution in [0.3, 0.4) is 0 Å². The number of benzene rings is 1. The van der Waals surface area contributed by atoms with E-state index in [4.69, 9.17) is 4.74 Å². The van der Waals surface area contributed by atoms with Gasteiger partial charge in [0.25, 0.3) is 0 Å². The van der Waals surface area contributed by atoms with Gasteiger partial charge in [-0.25, -0.2) is 0 Å². The summed E-state index contributed by atoms with van der Waals surface area (Å²) in [6.45, 7) is 5.68. The van der Waals surface area contributed by atoms with Gasteiger partial charge in [-0.1, -0.05) is 24.3 Å². The van der Waals surface area contributed by atoms with E-state index in [-0.39, 0.29) is 17.3 Å². The number of ether oxygens (including phenoxy) is 1. The predicted molar refractivity (Wildman–Crippen MR) is 84.6 cm³/mol. The first-order chi connectivity index (χ1) is 10.3. The van der Waals surface area contributed by atoms with Crippen LogP contribution in [0.2, 0.25) is 0 Å². The number of ketones is 1. The normalized spacial score (nSPS) is 27.8. The van der Waals surface area contributed by atoms with Gasteiger partial charge in [0.2, 0.25) is 0 Å². The smallest absolute Gasteiger partial charge is 0.309 e. The second kappa shape index (κ2) is 5.22. The van der Waals surface area contributed by atoms with E-state index >= 15 is 0 Å². The number of carbonyl (C=O) groups is 2. The number of rotatable bonds is 1. The molecule has 2 aliphatic rings. The van der Waals surface area contributed by atoms with Gasteiger partial charge >= 0.3 is 5.97 Å². The fourth-order valence-corrected chi connectivity index (χ4v) is 3.91. The second-order valence-corrected chi connectivity index (χ2v) is 7.65. The summed E-state index contributed by atoms with van der Waals surface area (Å²) in [5.41, 5.74) is 1.59. The monoisotopic (exact) mass is 300 g/mol. The van der Waals surface area contributed by atoms with E-state index in [2.05, 4.69) is 12.1 Å². The fourth-order valence-electron chi connectivity index (χ4n) is 3.91. The highest BCUT2D eigenvalue weighted by Gasteiger charge is 2.48. The minimum atomic E-state index is -0.442. The van der Waals surface area contributed by atoms with Crippen LogP contribution in [-0.2, 0) is 26.2 Å². The third-order valence-electron chi connectivity index (χ3n) is 5.00. The van der Waals surface area contributed by atoms with Crippen molar-refractivity contribution >= 4 is 11.8 Å². The molecule has 0 heterocycles. The van der Waals surface area contributed by atoms with Crippen LogP contribution in [0.1, 0.15) is 57.6 Å². The van der Waals surface area contributed by atoms with Crippen LogP contribution in [0.5, 0.6) is 0 Å². The van der Waals surface area contributed by atoms with E-state index < -0.39 is 5.60 Å². The van der Waals surface area contributed by atoms with Gasteiger partial charge in [0.05, 0.1) is 11.3 Å². The van der Waals surface area contributed by atoms with Gasteiger partial charge < -0.3 is 4.74 Å². The van der Waals surface area contributed by atoms with Gasteiger partial charge in [0.1, 0.15) is 11.4 Å². The summed E-state index contributed by atoms with van der Waals surface area (Å²) in [7, 11) is 0. The van der Waals surface area contributed by atoms with E-state index in [1.54, 1.807) is 0 Å². The van der Waals surface area contributed by atoms with Crippen molar-refractivity contribution in [2.45, 2.75) is 63.9 Å². The van der Waals surface area contributed by atoms with Gasteiger partial charge in [-0.3, -0.25) is 9.59 Å². The molecule has 0 amide bonds. The summed E-state index contributed by atoms with van der Waals surface area (Å²) in [4.78, 5) is 24.8. The minimum absolute atomic E-state index is 0.0644. The maximum atomic E-state index is 12.6. The third kappa shape index (κ3) is 2.57. The molecule has 1 aromatic rings. The number of esters is 1. The van der Waals surface area contributed by atoms with Crippen LogP contribution in [0.4, 0.5) is 0 Å². The Hall–Kier alpha value is -1.64. The van der Waals surface area contributed by atoms with Crippen molar-refractivity contribution in [1.29, 1.82) is 0 Å². The van der Waals surface area contributed by atoms with Crippen molar-refractivity contribution in [3.05, 3.63) is 35.4 Å². The lowest BCUT2D eigenvalue weighted by Crippen LogP contribution is -2.39. The second-order valence-electron chi connectivity index (χ2n) is 7.65. The van der Waals surface area contributed by atoms with Gasteiger partial charge in [-0.2, -0.15) is 0 Å². The summed E-state index contributed by atoms with van der Waals surface area (Å²) in [5.74, 6) is 0.155. The Morgan fingerprint density at radius 3 is 2.45 bits per heavy atom. The average molecular weight is 300 g/mol. The molecule has 2 aliphatic carbocycles. The molecule has 0 bridgehead atoms. The van der Waals surface area contributed by atoms with Crippen LogP contribution in [-0.4, -0.2) is 17.4 Å². The summed E-state index contributed by atoms with van der Waals surface area (Å²) in [5, 5.41) is 0. The Labute approximate surface area is 132 Å².